The molecule has 0 aliphatic heterocycles. The van der Waals surface area contributed by atoms with E-state index >= 15 is 0 Å². The number of rotatable bonds is 7. The van der Waals surface area contributed by atoms with Crippen LogP contribution in [-0.4, -0.2) is 18.5 Å². The topological polar surface area (TPSA) is 92.2 Å². The normalized spacial score (nSPS) is 10.5. The lowest BCUT2D eigenvalue weighted by atomic mass is 10.2. The minimum atomic E-state index is -0.600. The van der Waals surface area contributed by atoms with Crippen molar-refractivity contribution in [1.82, 2.24) is 5.32 Å². The van der Waals surface area contributed by atoms with Gasteiger partial charge in [0.25, 0.3) is 0 Å². The standard InChI is InChI=1S/C22H20N4O3/c27-21(15-16-23-22(28)29-20-9-5-2-6-10-20)24-17-11-13-19(14-12-17)26-25-18-7-3-1-4-8-18/h1-14H,15-16H2,(H,23,28)(H,24,27). The molecule has 0 saturated carbocycles. The number of ether oxygens (including phenoxy) is 1. The van der Waals surface area contributed by atoms with Crippen LogP contribution in [0.25, 0.3) is 0 Å². The molecule has 29 heavy (non-hydrogen) atoms. The third-order valence-corrected chi connectivity index (χ3v) is 3.76. The molecule has 0 bridgehead atoms. The van der Waals surface area contributed by atoms with Gasteiger partial charge in [-0.15, -0.1) is 0 Å². The highest BCUT2D eigenvalue weighted by Crippen LogP contribution is 2.20. The van der Waals surface area contributed by atoms with Crippen LogP contribution in [0, 0.1) is 0 Å². The Balaban J connectivity index is 1.40. The molecule has 0 aromatic heterocycles. The lowest BCUT2D eigenvalue weighted by molar-refractivity contribution is -0.116. The molecule has 0 atom stereocenters. The van der Waals surface area contributed by atoms with Gasteiger partial charge in [-0.25, -0.2) is 4.79 Å². The zero-order valence-electron chi connectivity index (χ0n) is 15.6. The molecule has 7 nitrogen and oxygen atoms in total. The van der Waals surface area contributed by atoms with Crippen molar-refractivity contribution in [2.24, 2.45) is 10.2 Å². The molecule has 0 radical (unpaired) electrons. The molecule has 0 spiro atoms. The third-order valence-electron chi connectivity index (χ3n) is 3.76. The molecule has 3 aromatic rings. The maximum atomic E-state index is 12.0. The summed E-state index contributed by atoms with van der Waals surface area (Å²) in [7, 11) is 0. The van der Waals surface area contributed by atoms with E-state index < -0.39 is 6.09 Å². The van der Waals surface area contributed by atoms with Gasteiger partial charge in [0.1, 0.15) is 5.75 Å². The molecule has 3 rings (SSSR count). The summed E-state index contributed by atoms with van der Waals surface area (Å²) in [4.78, 5) is 23.7. The van der Waals surface area contributed by atoms with Crippen molar-refractivity contribution in [3.8, 4) is 5.75 Å². The Hall–Kier alpha value is -4.00. The average Bonchev–Trinajstić information content (AvgIpc) is 2.75. The maximum absolute atomic E-state index is 12.0. The van der Waals surface area contributed by atoms with Crippen LogP contribution in [0.4, 0.5) is 21.9 Å². The van der Waals surface area contributed by atoms with Crippen molar-refractivity contribution in [3.05, 3.63) is 84.9 Å². The number of azo groups is 1. The van der Waals surface area contributed by atoms with E-state index in [-0.39, 0.29) is 18.9 Å². The SMILES string of the molecule is O=C(CCNC(=O)Oc1ccccc1)Nc1ccc(N=Nc2ccccc2)cc1. The molecule has 3 aromatic carbocycles. The predicted octanol–water partition coefficient (Wildman–Crippen LogP) is 5.22. The fourth-order valence-electron chi connectivity index (χ4n) is 2.35. The molecule has 0 saturated heterocycles. The van der Waals surface area contributed by atoms with Crippen LogP contribution < -0.4 is 15.4 Å². The number of nitrogens with one attached hydrogen (secondary N) is 2. The van der Waals surface area contributed by atoms with Crippen molar-refractivity contribution < 1.29 is 14.3 Å². The summed E-state index contributed by atoms with van der Waals surface area (Å²) >= 11 is 0. The summed E-state index contributed by atoms with van der Waals surface area (Å²) in [5.74, 6) is 0.225. The summed E-state index contributed by atoms with van der Waals surface area (Å²) in [6, 6.07) is 25.2. The highest BCUT2D eigenvalue weighted by Gasteiger charge is 2.06. The first-order valence-corrected chi connectivity index (χ1v) is 9.06. The van der Waals surface area contributed by atoms with Gasteiger partial charge in [-0.2, -0.15) is 10.2 Å². The monoisotopic (exact) mass is 388 g/mol. The smallest absolute Gasteiger partial charge is 0.410 e. The van der Waals surface area contributed by atoms with Gasteiger partial charge in [-0.05, 0) is 48.5 Å². The number of para-hydroxylation sites is 1. The first kappa shape index (κ1) is 19.8. The van der Waals surface area contributed by atoms with Gasteiger partial charge in [0.05, 0.1) is 11.4 Å². The van der Waals surface area contributed by atoms with E-state index in [1.165, 1.54) is 0 Å². The predicted molar refractivity (Wildman–Crippen MR) is 111 cm³/mol. The molecule has 7 heteroatoms. The highest BCUT2D eigenvalue weighted by atomic mass is 16.6. The van der Waals surface area contributed by atoms with E-state index in [4.69, 9.17) is 4.74 Å². The van der Waals surface area contributed by atoms with Crippen molar-refractivity contribution in [3.63, 3.8) is 0 Å². The van der Waals surface area contributed by atoms with Gasteiger partial charge in [-0.3, -0.25) is 4.79 Å². The van der Waals surface area contributed by atoms with Gasteiger partial charge in [0.15, 0.2) is 0 Å². The van der Waals surface area contributed by atoms with Crippen LogP contribution in [0.2, 0.25) is 0 Å². The molecule has 0 aliphatic rings. The molecule has 0 unspecified atom stereocenters. The highest BCUT2D eigenvalue weighted by molar-refractivity contribution is 5.91. The van der Waals surface area contributed by atoms with E-state index in [0.717, 1.165) is 5.69 Å². The van der Waals surface area contributed by atoms with Gasteiger partial charge in [0.2, 0.25) is 5.91 Å². The first-order chi connectivity index (χ1) is 14.2. The molecule has 146 valence electrons. The zero-order chi connectivity index (χ0) is 20.3. The maximum Gasteiger partial charge on any atom is 0.412 e. The van der Waals surface area contributed by atoms with Crippen molar-refractivity contribution in [2.75, 3.05) is 11.9 Å². The second-order valence-electron chi connectivity index (χ2n) is 6.01. The summed E-state index contributed by atoms with van der Waals surface area (Å²) in [6.45, 7) is 0.168. The van der Waals surface area contributed by atoms with Crippen LogP contribution in [0.3, 0.4) is 0 Å². The molecule has 2 N–H and O–H groups in total. The second kappa shape index (κ2) is 10.4. The van der Waals surface area contributed by atoms with E-state index in [0.29, 0.717) is 17.1 Å². The van der Waals surface area contributed by atoms with Gasteiger partial charge in [0, 0.05) is 18.7 Å². The Morgan fingerprint density at radius 3 is 2.00 bits per heavy atom. The molecule has 0 heterocycles. The number of amides is 2. The van der Waals surface area contributed by atoms with Crippen LogP contribution in [0.1, 0.15) is 6.42 Å². The Morgan fingerprint density at radius 2 is 1.34 bits per heavy atom. The fourth-order valence-corrected chi connectivity index (χ4v) is 2.35. The number of hydrogen-bond donors (Lipinski definition) is 2. The van der Waals surface area contributed by atoms with Gasteiger partial charge >= 0.3 is 6.09 Å². The van der Waals surface area contributed by atoms with E-state index in [1.54, 1.807) is 48.5 Å². The Kier molecular flexibility index (Phi) is 7.06. The van der Waals surface area contributed by atoms with Crippen molar-refractivity contribution in [1.29, 1.82) is 0 Å². The van der Waals surface area contributed by atoms with Gasteiger partial charge in [-0.1, -0.05) is 36.4 Å². The third kappa shape index (κ3) is 6.91. The number of nitrogens with zero attached hydrogens (tertiary/aromatic N) is 2. The van der Waals surface area contributed by atoms with E-state index in [9.17, 15) is 9.59 Å². The summed E-state index contributed by atoms with van der Waals surface area (Å²) in [5.41, 5.74) is 2.08. The average molecular weight is 388 g/mol. The summed E-state index contributed by atoms with van der Waals surface area (Å²) < 4.78 is 5.08. The quantitative estimate of drug-likeness (QED) is 0.544. The number of anilines is 1. The Morgan fingerprint density at radius 1 is 0.759 bits per heavy atom. The number of carbonyl (C=O) groups excluding carboxylic acids is 2. The van der Waals surface area contributed by atoms with Gasteiger partial charge < -0.3 is 15.4 Å². The second-order valence-corrected chi connectivity index (χ2v) is 6.01. The lowest BCUT2D eigenvalue weighted by Crippen LogP contribution is -2.30. The fraction of sp³-hybridized carbons (Fsp3) is 0.0909. The molecule has 2 amide bonds. The van der Waals surface area contributed by atoms with Crippen molar-refractivity contribution in [2.45, 2.75) is 6.42 Å². The lowest BCUT2D eigenvalue weighted by Gasteiger charge is -2.07. The zero-order valence-corrected chi connectivity index (χ0v) is 15.6. The Bertz CT molecular complexity index is 958. The number of carbonyl (C=O) groups is 2. The molecule has 0 aliphatic carbocycles. The van der Waals surface area contributed by atoms with Crippen LogP contribution in [0.5, 0.6) is 5.75 Å². The van der Waals surface area contributed by atoms with Crippen LogP contribution in [-0.2, 0) is 4.79 Å². The largest absolute Gasteiger partial charge is 0.412 e. The molecular formula is C22H20N4O3. The molecular weight excluding hydrogens is 368 g/mol. The number of hydrogen-bond acceptors (Lipinski definition) is 5. The van der Waals surface area contributed by atoms with Crippen LogP contribution in [0.15, 0.2) is 95.2 Å². The number of benzene rings is 3. The van der Waals surface area contributed by atoms with E-state index in [1.807, 2.05) is 36.4 Å². The Labute approximate surface area is 168 Å². The molecule has 0 fully saturated rings. The van der Waals surface area contributed by atoms with E-state index in [2.05, 4.69) is 20.9 Å². The summed E-state index contributed by atoms with van der Waals surface area (Å²) in [6.07, 6.45) is -0.476. The van der Waals surface area contributed by atoms with Crippen LogP contribution >= 0.6 is 0 Å². The van der Waals surface area contributed by atoms with Crippen molar-refractivity contribution >= 4 is 29.1 Å². The minimum absolute atomic E-state index is 0.124. The summed E-state index contributed by atoms with van der Waals surface area (Å²) in [5, 5.41) is 13.6. The minimum Gasteiger partial charge on any atom is -0.410 e. The first-order valence-electron chi connectivity index (χ1n) is 9.06.